The van der Waals surface area contributed by atoms with Crippen molar-refractivity contribution in [2.45, 2.75) is 13.0 Å². The first kappa shape index (κ1) is 16.0. The number of aliphatic hydroxyl groups excluding tert-OH is 1. The Bertz CT molecular complexity index is 649. The molecule has 0 saturated carbocycles. The van der Waals surface area contributed by atoms with Crippen LogP contribution in [-0.4, -0.2) is 46.5 Å². The molecule has 1 heterocycles. The van der Waals surface area contributed by atoms with Crippen LogP contribution in [0.1, 0.15) is 27.7 Å². The molecular weight excluding hydrogens is 282 g/mol. The van der Waals surface area contributed by atoms with Crippen LogP contribution in [0.25, 0.3) is 0 Å². The Labute approximate surface area is 129 Å². The zero-order chi connectivity index (χ0) is 16.3. The largest absolute Gasteiger partial charge is 0.497 e. The van der Waals surface area contributed by atoms with Crippen molar-refractivity contribution in [1.82, 2.24) is 14.7 Å². The number of hydrogen-bond donors (Lipinski definition) is 1. The highest BCUT2D eigenvalue weighted by atomic mass is 16.5. The maximum absolute atomic E-state index is 12.6. The minimum Gasteiger partial charge on any atom is -0.497 e. The molecule has 1 aromatic carbocycles. The number of aliphatic hydroxyl groups is 1. The predicted octanol–water partition coefficient (Wildman–Crippen LogP) is 1.54. The van der Waals surface area contributed by atoms with Gasteiger partial charge in [0.1, 0.15) is 5.75 Å². The first-order valence-corrected chi connectivity index (χ1v) is 7.00. The minimum atomic E-state index is -0.419. The van der Waals surface area contributed by atoms with E-state index in [2.05, 4.69) is 5.10 Å². The number of ether oxygens (including phenoxy) is 1. The third kappa shape index (κ3) is 2.96. The van der Waals surface area contributed by atoms with Crippen LogP contribution < -0.4 is 4.74 Å². The summed E-state index contributed by atoms with van der Waals surface area (Å²) in [5.41, 5.74) is 2.18. The lowest BCUT2D eigenvalue weighted by Gasteiger charge is -2.27. The van der Waals surface area contributed by atoms with Crippen molar-refractivity contribution in [2.75, 3.05) is 20.8 Å². The van der Waals surface area contributed by atoms with Gasteiger partial charge in [-0.2, -0.15) is 5.10 Å². The summed E-state index contributed by atoms with van der Waals surface area (Å²) in [5.74, 6) is 0.568. The molecule has 1 atom stereocenters. The highest BCUT2D eigenvalue weighted by Crippen LogP contribution is 2.23. The average Bonchev–Trinajstić information content (AvgIpc) is 2.87. The summed E-state index contributed by atoms with van der Waals surface area (Å²) >= 11 is 0. The molecule has 0 radical (unpaired) electrons. The summed E-state index contributed by atoms with van der Waals surface area (Å²) in [6, 6.07) is 6.90. The quantitative estimate of drug-likeness (QED) is 0.910. The van der Waals surface area contributed by atoms with E-state index < -0.39 is 6.04 Å². The van der Waals surface area contributed by atoms with Crippen molar-refractivity contribution in [3.05, 3.63) is 47.3 Å². The number of aryl methyl sites for hydroxylation is 1. The van der Waals surface area contributed by atoms with Crippen molar-refractivity contribution in [3.8, 4) is 5.75 Å². The lowest BCUT2D eigenvalue weighted by Crippen LogP contribution is -2.33. The molecule has 6 heteroatoms. The first-order valence-electron chi connectivity index (χ1n) is 7.00. The topological polar surface area (TPSA) is 67.6 Å². The van der Waals surface area contributed by atoms with Gasteiger partial charge < -0.3 is 14.7 Å². The van der Waals surface area contributed by atoms with E-state index in [0.29, 0.717) is 5.56 Å². The molecule has 0 aliphatic heterocycles. The number of hydrogen-bond acceptors (Lipinski definition) is 4. The molecule has 0 aliphatic rings. The summed E-state index contributed by atoms with van der Waals surface area (Å²) in [6.07, 6.45) is 1.55. The van der Waals surface area contributed by atoms with Crippen molar-refractivity contribution >= 4 is 5.91 Å². The van der Waals surface area contributed by atoms with Crippen LogP contribution in [0.15, 0.2) is 30.5 Å². The van der Waals surface area contributed by atoms with Crippen molar-refractivity contribution < 1.29 is 14.6 Å². The van der Waals surface area contributed by atoms with Crippen LogP contribution in [0.3, 0.4) is 0 Å². The van der Waals surface area contributed by atoms with E-state index in [9.17, 15) is 9.90 Å². The maximum atomic E-state index is 12.6. The Morgan fingerprint density at radius 3 is 2.50 bits per heavy atom. The number of aromatic nitrogens is 2. The second kappa shape index (κ2) is 6.62. The molecule has 2 rings (SSSR count). The smallest absolute Gasteiger partial charge is 0.257 e. The maximum Gasteiger partial charge on any atom is 0.257 e. The molecule has 1 N–H and O–H groups in total. The summed E-state index contributed by atoms with van der Waals surface area (Å²) in [6.45, 7) is 1.68. The molecule has 0 aliphatic carbocycles. The van der Waals surface area contributed by atoms with E-state index in [1.807, 2.05) is 31.2 Å². The third-order valence-corrected chi connectivity index (χ3v) is 3.93. The van der Waals surface area contributed by atoms with Crippen LogP contribution in [0.2, 0.25) is 0 Å². The molecule has 1 unspecified atom stereocenters. The number of methoxy groups -OCH3 is 1. The van der Waals surface area contributed by atoms with Gasteiger partial charge in [0.05, 0.1) is 31.5 Å². The second-order valence-electron chi connectivity index (χ2n) is 5.15. The van der Waals surface area contributed by atoms with Crippen LogP contribution >= 0.6 is 0 Å². The van der Waals surface area contributed by atoms with Crippen LogP contribution in [0, 0.1) is 6.92 Å². The second-order valence-corrected chi connectivity index (χ2v) is 5.15. The standard InChI is InChI=1S/C16H21N3O3/c1-11-14(9-17-19(11)3)16(21)18(2)15(10-20)12-5-7-13(22-4)8-6-12/h5-9,15,20H,10H2,1-4H3. The van der Waals surface area contributed by atoms with Gasteiger partial charge in [0.25, 0.3) is 5.91 Å². The average molecular weight is 303 g/mol. The Morgan fingerprint density at radius 1 is 1.41 bits per heavy atom. The van der Waals surface area contributed by atoms with Gasteiger partial charge >= 0.3 is 0 Å². The van der Waals surface area contributed by atoms with Gasteiger partial charge in [-0.3, -0.25) is 9.48 Å². The first-order chi connectivity index (χ1) is 10.5. The van der Waals surface area contributed by atoms with E-state index in [0.717, 1.165) is 17.0 Å². The van der Waals surface area contributed by atoms with Gasteiger partial charge in [0, 0.05) is 19.8 Å². The molecule has 1 amide bonds. The number of likely N-dealkylation sites (N-methyl/N-ethyl adjacent to an activating group) is 1. The number of carbonyl (C=O) groups is 1. The van der Waals surface area contributed by atoms with E-state index >= 15 is 0 Å². The molecule has 2 aromatic rings. The summed E-state index contributed by atoms with van der Waals surface area (Å²) in [7, 11) is 5.07. The number of carbonyl (C=O) groups excluding carboxylic acids is 1. The summed E-state index contributed by atoms with van der Waals surface area (Å²) in [4.78, 5) is 14.1. The van der Waals surface area contributed by atoms with Gasteiger partial charge in [-0.1, -0.05) is 12.1 Å². The Morgan fingerprint density at radius 2 is 2.05 bits per heavy atom. The summed E-state index contributed by atoms with van der Waals surface area (Å²) < 4.78 is 6.78. The summed E-state index contributed by atoms with van der Waals surface area (Å²) in [5, 5.41) is 13.8. The lowest BCUT2D eigenvalue weighted by molar-refractivity contribution is 0.0657. The predicted molar refractivity (Wildman–Crippen MR) is 82.9 cm³/mol. The molecule has 6 nitrogen and oxygen atoms in total. The molecule has 22 heavy (non-hydrogen) atoms. The lowest BCUT2D eigenvalue weighted by atomic mass is 10.1. The molecule has 0 saturated heterocycles. The number of nitrogens with zero attached hydrogens (tertiary/aromatic N) is 3. The molecule has 0 bridgehead atoms. The van der Waals surface area contributed by atoms with Gasteiger partial charge in [-0.15, -0.1) is 0 Å². The zero-order valence-electron chi connectivity index (χ0n) is 13.3. The Hall–Kier alpha value is -2.34. The Balaban J connectivity index is 2.25. The van der Waals surface area contributed by atoms with Gasteiger partial charge in [0.2, 0.25) is 0 Å². The molecule has 0 fully saturated rings. The van der Waals surface area contributed by atoms with Crippen molar-refractivity contribution in [3.63, 3.8) is 0 Å². The molecule has 0 spiro atoms. The van der Waals surface area contributed by atoms with Gasteiger partial charge in [0.15, 0.2) is 0 Å². The van der Waals surface area contributed by atoms with E-state index in [-0.39, 0.29) is 12.5 Å². The van der Waals surface area contributed by atoms with E-state index in [1.165, 1.54) is 4.90 Å². The Kier molecular flexibility index (Phi) is 4.82. The fraction of sp³-hybridized carbons (Fsp3) is 0.375. The third-order valence-electron chi connectivity index (χ3n) is 3.93. The number of amides is 1. The SMILES string of the molecule is COc1ccc(C(CO)N(C)C(=O)c2cnn(C)c2C)cc1. The zero-order valence-corrected chi connectivity index (χ0v) is 13.3. The molecule has 118 valence electrons. The van der Waals surface area contributed by atoms with Crippen LogP contribution in [-0.2, 0) is 7.05 Å². The number of rotatable bonds is 5. The number of benzene rings is 1. The fourth-order valence-electron chi connectivity index (χ4n) is 2.32. The van der Waals surface area contributed by atoms with Gasteiger partial charge in [-0.05, 0) is 24.6 Å². The molecular formula is C16H21N3O3. The van der Waals surface area contributed by atoms with Crippen molar-refractivity contribution in [1.29, 1.82) is 0 Å². The fourth-order valence-corrected chi connectivity index (χ4v) is 2.32. The minimum absolute atomic E-state index is 0.159. The molecule has 1 aromatic heterocycles. The normalized spacial score (nSPS) is 12.0. The van der Waals surface area contributed by atoms with Crippen LogP contribution in [0.4, 0.5) is 0 Å². The highest BCUT2D eigenvalue weighted by molar-refractivity contribution is 5.95. The van der Waals surface area contributed by atoms with Crippen LogP contribution in [0.5, 0.6) is 5.75 Å². The monoisotopic (exact) mass is 303 g/mol. The van der Waals surface area contributed by atoms with Gasteiger partial charge in [-0.25, -0.2) is 0 Å². The highest BCUT2D eigenvalue weighted by Gasteiger charge is 2.24. The van der Waals surface area contributed by atoms with E-state index in [4.69, 9.17) is 4.74 Å². The van der Waals surface area contributed by atoms with Crippen molar-refractivity contribution in [2.24, 2.45) is 7.05 Å². The van der Waals surface area contributed by atoms with E-state index in [1.54, 1.807) is 32.1 Å².